The van der Waals surface area contributed by atoms with Gasteiger partial charge in [-0.25, -0.2) is 0 Å². The molecule has 3 rings (SSSR count). The lowest BCUT2D eigenvalue weighted by Gasteiger charge is -2.44. The van der Waals surface area contributed by atoms with Crippen LogP contribution in [0.15, 0.2) is 30.3 Å². The van der Waals surface area contributed by atoms with Crippen molar-refractivity contribution in [1.29, 1.82) is 0 Å². The minimum Gasteiger partial charge on any atom is -0.394 e. The van der Waals surface area contributed by atoms with Crippen LogP contribution in [0.2, 0.25) is 0 Å². The summed E-state index contributed by atoms with van der Waals surface area (Å²) in [5.74, 6) is 0. The highest BCUT2D eigenvalue weighted by Crippen LogP contribution is 2.43. The summed E-state index contributed by atoms with van der Waals surface area (Å²) in [6.07, 6.45) is 1.48. The van der Waals surface area contributed by atoms with Gasteiger partial charge in [-0.05, 0) is 25.8 Å². The molecule has 2 heterocycles. The van der Waals surface area contributed by atoms with E-state index >= 15 is 0 Å². The van der Waals surface area contributed by atoms with Crippen LogP contribution in [-0.4, -0.2) is 34.6 Å². The molecular weight excluding hydrogens is 242 g/mol. The average Bonchev–Trinajstić information content (AvgIpc) is 2.84. The number of fused-ring (bicyclic) bond motifs is 1. The smallest absolute Gasteiger partial charge is 0.137 e. The summed E-state index contributed by atoms with van der Waals surface area (Å²) in [4.78, 5) is 6.09. The minimum atomic E-state index is -0.111. The van der Waals surface area contributed by atoms with E-state index in [1.165, 1.54) is 5.56 Å². The van der Waals surface area contributed by atoms with Gasteiger partial charge in [-0.3, -0.25) is 4.84 Å². The fourth-order valence-electron chi connectivity index (χ4n) is 3.06. The third kappa shape index (κ3) is 2.41. The van der Waals surface area contributed by atoms with E-state index in [4.69, 9.17) is 9.57 Å². The fraction of sp³-hybridized carbons (Fsp3) is 0.600. The number of benzene rings is 1. The Balaban J connectivity index is 1.79. The number of hydroxylamine groups is 2. The van der Waals surface area contributed by atoms with Crippen molar-refractivity contribution in [3.8, 4) is 0 Å². The molecule has 2 saturated heterocycles. The number of hydrogen-bond acceptors (Lipinski definition) is 4. The van der Waals surface area contributed by atoms with E-state index in [0.717, 1.165) is 12.8 Å². The first-order valence-corrected chi connectivity index (χ1v) is 6.87. The van der Waals surface area contributed by atoms with Crippen LogP contribution in [0.25, 0.3) is 0 Å². The van der Waals surface area contributed by atoms with Crippen molar-refractivity contribution < 1.29 is 14.7 Å². The van der Waals surface area contributed by atoms with E-state index in [2.05, 4.69) is 26.0 Å². The maximum Gasteiger partial charge on any atom is 0.137 e. The Morgan fingerprint density at radius 1 is 1.32 bits per heavy atom. The Hall–Kier alpha value is -0.940. The van der Waals surface area contributed by atoms with Crippen LogP contribution in [0.5, 0.6) is 0 Å². The molecule has 2 aliphatic rings. The second-order valence-corrected chi connectivity index (χ2v) is 5.98. The van der Waals surface area contributed by atoms with Gasteiger partial charge >= 0.3 is 0 Å². The standard InChI is InChI=1S/C15H21NO3/c1-15(2)9-12(10-17)18-14-8-13(19-16(14)15)11-6-4-3-5-7-11/h3-7,12-14,17H,8-10H2,1-2H3/t12-,13-,14+/m0/s1. The van der Waals surface area contributed by atoms with Gasteiger partial charge in [-0.1, -0.05) is 30.3 Å². The first-order chi connectivity index (χ1) is 9.10. The zero-order valence-corrected chi connectivity index (χ0v) is 11.5. The number of nitrogens with zero attached hydrogens (tertiary/aromatic N) is 1. The summed E-state index contributed by atoms with van der Waals surface area (Å²) in [6.45, 7) is 4.35. The molecule has 0 amide bonds. The normalized spacial score (nSPS) is 34.2. The molecule has 4 heteroatoms. The van der Waals surface area contributed by atoms with Gasteiger partial charge in [-0.2, -0.15) is 5.06 Å². The molecule has 0 radical (unpaired) electrons. The average molecular weight is 263 g/mol. The van der Waals surface area contributed by atoms with E-state index in [-0.39, 0.29) is 30.6 Å². The summed E-state index contributed by atoms with van der Waals surface area (Å²) in [7, 11) is 0. The van der Waals surface area contributed by atoms with Crippen molar-refractivity contribution in [2.24, 2.45) is 0 Å². The molecule has 19 heavy (non-hydrogen) atoms. The van der Waals surface area contributed by atoms with Crippen molar-refractivity contribution in [3.63, 3.8) is 0 Å². The molecule has 0 spiro atoms. The van der Waals surface area contributed by atoms with Gasteiger partial charge in [0.25, 0.3) is 0 Å². The summed E-state index contributed by atoms with van der Waals surface area (Å²) in [6, 6.07) is 10.2. The highest BCUT2D eigenvalue weighted by Gasteiger charge is 2.48. The maximum absolute atomic E-state index is 9.34. The molecular formula is C15H21NO3. The van der Waals surface area contributed by atoms with E-state index in [0.29, 0.717) is 0 Å². The van der Waals surface area contributed by atoms with Gasteiger partial charge in [0, 0.05) is 12.0 Å². The van der Waals surface area contributed by atoms with Gasteiger partial charge in [0.2, 0.25) is 0 Å². The molecule has 3 atom stereocenters. The molecule has 1 aromatic rings. The highest BCUT2D eigenvalue weighted by atomic mass is 16.7. The van der Waals surface area contributed by atoms with Crippen molar-refractivity contribution in [2.45, 2.75) is 50.7 Å². The molecule has 0 aliphatic carbocycles. The Labute approximate surface area is 113 Å². The van der Waals surface area contributed by atoms with Crippen molar-refractivity contribution in [1.82, 2.24) is 5.06 Å². The second-order valence-electron chi connectivity index (χ2n) is 5.98. The lowest BCUT2D eigenvalue weighted by Crippen LogP contribution is -2.55. The van der Waals surface area contributed by atoms with Gasteiger partial charge in [0.15, 0.2) is 0 Å². The van der Waals surface area contributed by atoms with Crippen molar-refractivity contribution in [3.05, 3.63) is 35.9 Å². The summed E-state index contributed by atoms with van der Waals surface area (Å²) in [5, 5.41) is 11.3. The molecule has 1 N–H and O–H groups in total. The second kappa shape index (κ2) is 4.87. The van der Waals surface area contributed by atoms with E-state index in [1.54, 1.807) is 0 Å². The third-order valence-electron chi connectivity index (χ3n) is 3.97. The Kier molecular flexibility index (Phi) is 3.35. The third-order valence-corrected chi connectivity index (χ3v) is 3.97. The Morgan fingerprint density at radius 2 is 2.05 bits per heavy atom. The van der Waals surface area contributed by atoms with Crippen molar-refractivity contribution in [2.75, 3.05) is 6.61 Å². The van der Waals surface area contributed by atoms with E-state index < -0.39 is 0 Å². The van der Waals surface area contributed by atoms with Crippen LogP contribution < -0.4 is 0 Å². The molecule has 1 aromatic carbocycles. The topological polar surface area (TPSA) is 41.9 Å². The van der Waals surface area contributed by atoms with Gasteiger partial charge in [0.05, 0.1) is 12.7 Å². The molecule has 4 nitrogen and oxygen atoms in total. The van der Waals surface area contributed by atoms with Crippen LogP contribution in [0.1, 0.15) is 38.4 Å². The first kappa shape index (κ1) is 13.1. The summed E-state index contributed by atoms with van der Waals surface area (Å²) >= 11 is 0. The fourth-order valence-corrected chi connectivity index (χ4v) is 3.06. The van der Waals surface area contributed by atoms with Gasteiger partial charge in [0.1, 0.15) is 12.3 Å². The quantitative estimate of drug-likeness (QED) is 0.888. The largest absolute Gasteiger partial charge is 0.394 e. The zero-order chi connectivity index (χ0) is 13.5. The van der Waals surface area contributed by atoms with Gasteiger partial charge in [-0.15, -0.1) is 0 Å². The van der Waals surface area contributed by atoms with Crippen LogP contribution in [0, 0.1) is 0 Å². The number of aliphatic hydroxyl groups excluding tert-OH is 1. The lowest BCUT2D eigenvalue weighted by molar-refractivity contribution is -0.306. The molecule has 0 bridgehead atoms. The SMILES string of the molecule is CC1(C)C[C@@H](CO)O[C@@H]2C[C@@H](c3ccccc3)ON21. The summed E-state index contributed by atoms with van der Waals surface area (Å²) < 4.78 is 5.90. The molecule has 0 aromatic heterocycles. The van der Waals surface area contributed by atoms with Crippen molar-refractivity contribution >= 4 is 0 Å². The Morgan fingerprint density at radius 3 is 2.74 bits per heavy atom. The highest BCUT2D eigenvalue weighted by molar-refractivity contribution is 5.18. The Bertz CT molecular complexity index is 434. The monoisotopic (exact) mass is 263 g/mol. The number of hydrogen-bond donors (Lipinski definition) is 1. The molecule has 104 valence electrons. The minimum absolute atomic E-state index is 0.0444. The van der Waals surface area contributed by atoms with E-state index in [1.807, 2.05) is 23.3 Å². The molecule has 0 unspecified atom stereocenters. The summed E-state index contributed by atoms with van der Waals surface area (Å²) in [5.41, 5.74) is 1.07. The van der Waals surface area contributed by atoms with Crippen LogP contribution in [0.4, 0.5) is 0 Å². The van der Waals surface area contributed by atoms with Gasteiger partial charge < -0.3 is 9.84 Å². The lowest BCUT2D eigenvalue weighted by atomic mass is 9.94. The van der Waals surface area contributed by atoms with E-state index in [9.17, 15) is 5.11 Å². The predicted octanol–water partition coefficient (Wildman–Crippen LogP) is 2.25. The number of aliphatic hydroxyl groups is 1. The first-order valence-electron chi connectivity index (χ1n) is 6.87. The zero-order valence-electron chi connectivity index (χ0n) is 11.5. The van der Waals surface area contributed by atoms with Crippen LogP contribution in [-0.2, 0) is 9.57 Å². The predicted molar refractivity (Wildman–Crippen MR) is 71.2 cm³/mol. The molecule has 0 saturated carbocycles. The molecule has 2 aliphatic heterocycles. The van der Waals surface area contributed by atoms with Crippen LogP contribution in [0.3, 0.4) is 0 Å². The number of ether oxygens (including phenoxy) is 1. The maximum atomic E-state index is 9.34. The van der Waals surface area contributed by atoms with Crippen LogP contribution >= 0.6 is 0 Å². The molecule has 2 fully saturated rings. The number of rotatable bonds is 2.